The Hall–Kier alpha value is -3.10. The molecule has 1 aliphatic carbocycles. The molecular formula is C20H20FN5O3. The summed E-state index contributed by atoms with van der Waals surface area (Å²) in [6, 6.07) is 6.04. The standard InChI is InChI=1S/C20H20FN5O3/c1-12-22-16(28-24-12)10-17(27)26-8-6-20(7-9-26)11-15(20)19-23-18(25-29-19)13-2-4-14(21)5-3-13/h2-5,15H,6-11H2,1H3. The van der Waals surface area contributed by atoms with Crippen molar-refractivity contribution in [2.75, 3.05) is 13.1 Å². The van der Waals surface area contributed by atoms with Gasteiger partial charge < -0.3 is 13.9 Å². The highest BCUT2D eigenvalue weighted by Crippen LogP contribution is 2.64. The molecule has 1 atom stereocenters. The monoisotopic (exact) mass is 397 g/mol. The predicted molar refractivity (Wildman–Crippen MR) is 98.0 cm³/mol. The van der Waals surface area contributed by atoms with Crippen LogP contribution in [0.1, 0.15) is 42.8 Å². The normalized spacial score (nSPS) is 20.2. The van der Waals surface area contributed by atoms with E-state index in [-0.39, 0.29) is 29.5 Å². The van der Waals surface area contributed by atoms with Crippen molar-refractivity contribution in [2.24, 2.45) is 5.41 Å². The third-order valence-corrected chi connectivity index (χ3v) is 6.02. The summed E-state index contributed by atoms with van der Waals surface area (Å²) < 4.78 is 23.6. The Morgan fingerprint density at radius 1 is 1.17 bits per heavy atom. The van der Waals surface area contributed by atoms with Gasteiger partial charge in [-0.25, -0.2) is 4.39 Å². The molecule has 1 saturated heterocycles. The van der Waals surface area contributed by atoms with E-state index in [9.17, 15) is 9.18 Å². The zero-order valence-corrected chi connectivity index (χ0v) is 16.0. The third-order valence-electron chi connectivity index (χ3n) is 6.02. The molecule has 1 aliphatic heterocycles. The quantitative estimate of drug-likeness (QED) is 0.667. The molecule has 1 aromatic carbocycles. The molecule has 2 aromatic heterocycles. The molecule has 1 amide bonds. The number of hydrogen-bond acceptors (Lipinski definition) is 7. The Morgan fingerprint density at radius 2 is 1.93 bits per heavy atom. The van der Waals surface area contributed by atoms with Gasteiger partial charge in [0.2, 0.25) is 23.5 Å². The van der Waals surface area contributed by atoms with E-state index in [1.165, 1.54) is 12.1 Å². The summed E-state index contributed by atoms with van der Waals surface area (Å²) in [5.74, 6) is 1.93. The van der Waals surface area contributed by atoms with Crippen LogP contribution >= 0.6 is 0 Å². The average molecular weight is 397 g/mol. The van der Waals surface area contributed by atoms with Gasteiger partial charge in [0.25, 0.3) is 0 Å². The number of aryl methyl sites for hydroxylation is 1. The number of aromatic nitrogens is 4. The number of benzene rings is 1. The van der Waals surface area contributed by atoms with Crippen molar-refractivity contribution in [1.29, 1.82) is 0 Å². The largest absolute Gasteiger partial charge is 0.342 e. The molecule has 3 heterocycles. The van der Waals surface area contributed by atoms with Crippen molar-refractivity contribution >= 4 is 5.91 Å². The van der Waals surface area contributed by atoms with Gasteiger partial charge in [-0.3, -0.25) is 4.79 Å². The number of carbonyl (C=O) groups is 1. The van der Waals surface area contributed by atoms with Crippen LogP contribution in [0.5, 0.6) is 0 Å². The van der Waals surface area contributed by atoms with Gasteiger partial charge in [-0.2, -0.15) is 9.97 Å². The summed E-state index contributed by atoms with van der Waals surface area (Å²) in [5, 5.41) is 7.77. The first kappa shape index (κ1) is 18.0. The van der Waals surface area contributed by atoms with E-state index in [0.29, 0.717) is 36.5 Å². The maximum absolute atomic E-state index is 13.1. The molecular weight excluding hydrogens is 377 g/mol. The molecule has 5 rings (SSSR count). The van der Waals surface area contributed by atoms with Crippen LogP contribution < -0.4 is 0 Å². The minimum atomic E-state index is -0.297. The zero-order chi connectivity index (χ0) is 20.0. The first-order chi connectivity index (χ1) is 14.0. The topological polar surface area (TPSA) is 98.2 Å². The summed E-state index contributed by atoms with van der Waals surface area (Å²) in [4.78, 5) is 23.0. The van der Waals surface area contributed by atoms with Crippen molar-refractivity contribution in [1.82, 2.24) is 25.2 Å². The molecule has 1 saturated carbocycles. The van der Waals surface area contributed by atoms with E-state index in [4.69, 9.17) is 9.05 Å². The molecule has 3 aromatic rings. The van der Waals surface area contributed by atoms with Crippen LogP contribution in [0.2, 0.25) is 0 Å². The van der Waals surface area contributed by atoms with Gasteiger partial charge in [0.15, 0.2) is 5.82 Å². The van der Waals surface area contributed by atoms with Crippen LogP contribution in [0.4, 0.5) is 4.39 Å². The SMILES string of the molecule is Cc1noc(CC(=O)N2CCC3(CC2)CC3c2nc(-c3ccc(F)cc3)no2)n1. The molecule has 0 bridgehead atoms. The number of amides is 1. The van der Waals surface area contributed by atoms with Crippen LogP contribution in [-0.4, -0.2) is 44.2 Å². The van der Waals surface area contributed by atoms with Gasteiger partial charge in [0.05, 0.1) is 0 Å². The van der Waals surface area contributed by atoms with E-state index in [2.05, 4.69) is 20.3 Å². The summed E-state index contributed by atoms with van der Waals surface area (Å²) in [6.45, 7) is 3.12. The molecule has 29 heavy (non-hydrogen) atoms. The maximum atomic E-state index is 13.1. The fourth-order valence-electron chi connectivity index (χ4n) is 4.20. The Bertz CT molecular complexity index is 1040. The van der Waals surface area contributed by atoms with E-state index in [1.54, 1.807) is 19.1 Å². The zero-order valence-electron chi connectivity index (χ0n) is 16.0. The number of carbonyl (C=O) groups excluding carboxylic acids is 1. The smallest absolute Gasteiger partial charge is 0.236 e. The minimum absolute atomic E-state index is 0.0112. The van der Waals surface area contributed by atoms with Gasteiger partial charge in [-0.1, -0.05) is 10.3 Å². The number of piperidine rings is 1. The van der Waals surface area contributed by atoms with Crippen LogP contribution in [0.25, 0.3) is 11.4 Å². The van der Waals surface area contributed by atoms with Crippen molar-refractivity contribution in [3.63, 3.8) is 0 Å². The van der Waals surface area contributed by atoms with Crippen molar-refractivity contribution < 1.29 is 18.2 Å². The van der Waals surface area contributed by atoms with Gasteiger partial charge in [-0.05, 0) is 55.9 Å². The Labute approximate surface area is 166 Å². The van der Waals surface area contributed by atoms with Crippen LogP contribution in [0, 0.1) is 18.2 Å². The highest BCUT2D eigenvalue weighted by atomic mass is 19.1. The number of rotatable bonds is 4. The van der Waals surface area contributed by atoms with Crippen LogP contribution in [0.3, 0.4) is 0 Å². The lowest BCUT2D eigenvalue weighted by atomic mass is 9.90. The van der Waals surface area contributed by atoms with Gasteiger partial charge in [0.1, 0.15) is 12.2 Å². The second-order valence-electron chi connectivity index (χ2n) is 7.88. The second kappa shape index (κ2) is 6.75. The lowest BCUT2D eigenvalue weighted by Crippen LogP contribution is -2.40. The molecule has 0 N–H and O–H groups in total. The highest BCUT2D eigenvalue weighted by molar-refractivity contribution is 5.78. The minimum Gasteiger partial charge on any atom is -0.342 e. The fraction of sp³-hybridized carbons (Fsp3) is 0.450. The summed E-state index contributed by atoms with van der Waals surface area (Å²) in [5.41, 5.74) is 0.859. The molecule has 9 heteroatoms. The van der Waals surface area contributed by atoms with Gasteiger partial charge in [0, 0.05) is 24.6 Å². The molecule has 2 aliphatic rings. The first-order valence-electron chi connectivity index (χ1n) is 9.69. The summed E-state index contributed by atoms with van der Waals surface area (Å²) in [7, 11) is 0. The summed E-state index contributed by atoms with van der Waals surface area (Å²) >= 11 is 0. The number of nitrogens with zero attached hydrogens (tertiary/aromatic N) is 5. The first-order valence-corrected chi connectivity index (χ1v) is 9.69. The second-order valence-corrected chi connectivity index (χ2v) is 7.88. The highest BCUT2D eigenvalue weighted by Gasteiger charge is 2.58. The molecule has 1 spiro atoms. The van der Waals surface area contributed by atoms with Crippen molar-refractivity contribution in [3.8, 4) is 11.4 Å². The number of hydrogen-bond donors (Lipinski definition) is 0. The van der Waals surface area contributed by atoms with E-state index in [1.807, 2.05) is 4.90 Å². The lowest BCUT2D eigenvalue weighted by Gasteiger charge is -2.32. The molecule has 1 unspecified atom stereocenters. The van der Waals surface area contributed by atoms with Crippen LogP contribution in [-0.2, 0) is 11.2 Å². The molecule has 8 nitrogen and oxygen atoms in total. The van der Waals surface area contributed by atoms with Crippen LogP contribution in [0.15, 0.2) is 33.3 Å². The predicted octanol–water partition coefficient (Wildman–Crippen LogP) is 2.91. The third kappa shape index (κ3) is 3.41. The molecule has 0 radical (unpaired) electrons. The molecule has 2 fully saturated rings. The Kier molecular flexibility index (Phi) is 4.18. The maximum Gasteiger partial charge on any atom is 0.236 e. The number of halogens is 1. The van der Waals surface area contributed by atoms with Crippen molar-refractivity contribution in [2.45, 2.75) is 38.5 Å². The van der Waals surface area contributed by atoms with Gasteiger partial charge >= 0.3 is 0 Å². The molecule has 150 valence electrons. The summed E-state index contributed by atoms with van der Waals surface area (Å²) in [6.07, 6.45) is 2.94. The average Bonchev–Trinajstić information content (AvgIpc) is 3.06. The van der Waals surface area contributed by atoms with E-state index < -0.39 is 0 Å². The van der Waals surface area contributed by atoms with E-state index in [0.717, 1.165) is 24.8 Å². The van der Waals surface area contributed by atoms with Crippen molar-refractivity contribution in [3.05, 3.63) is 47.7 Å². The Balaban J connectivity index is 1.20. The van der Waals surface area contributed by atoms with E-state index >= 15 is 0 Å². The Morgan fingerprint density at radius 3 is 2.62 bits per heavy atom. The number of likely N-dealkylation sites (tertiary alicyclic amines) is 1. The lowest BCUT2D eigenvalue weighted by molar-refractivity contribution is -0.132. The van der Waals surface area contributed by atoms with Gasteiger partial charge in [-0.15, -0.1) is 0 Å². The fourth-order valence-corrected chi connectivity index (χ4v) is 4.20.